The van der Waals surface area contributed by atoms with Gasteiger partial charge in [0.1, 0.15) is 17.3 Å². The van der Waals surface area contributed by atoms with E-state index in [2.05, 4.69) is 0 Å². The van der Waals surface area contributed by atoms with Crippen LogP contribution in [0.5, 0.6) is 11.5 Å². The van der Waals surface area contributed by atoms with Gasteiger partial charge in [0.15, 0.2) is 5.89 Å². The molecule has 0 saturated heterocycles. The summed E-state index contributed by atoms with van der Waals surface area (Å²) in [6.45, 7) is 3.66. The third-order valence-corrected chi connectivity index (χ3v) is 6.89. The molecule has 204 valence electrons. The SMILES string of the molecule is Cc1oc(C2CCCCC2)nc1CCOc1ccc(CC(C)(Oc2cccc(C(F)(F)F)c2)C(=O)O)cc1. The van der Waals surface area contributed by atoms with Crippen molar-refractivity contribution in [1.29, 1.82) is 0 Å². The summed E-state index contributed by atoms with van der Waals surface area (Å²) in [5.41, 5.74) is -1.15. The first-order valence-electron chi connectivity index (χ1n) is 12.8. The van der Waals surface area contributed by atoms with Crippen molar-refractivity contribution >= 4 is 5.97 Å². The highest BCUT2D eigenvalue weighted by Gasteiger charge is 2.37. The molecule has 1 N–H and O–H groups in total. The van der Waals surface area contributed by atoms with E-state index in [1.807, 2.05) is 6.92 Å². The zero-order valence-electron chi connectivity index (χ0n) is 21.5. The minimum Gasteiger partial charge on any atom is -0.493 e. The Balaban J connectivity index is 1.34. The summed E-state index contributed by atoms with van der Waals surface area (Å²) in [6.07, 6.45) is 1.93. The molecule has 1 fully saturated rings. The lowest BCUT2D eigenvalue weighted by Gasteiger charge is -2.27. The lowest BCUT2D eigenvalue weighted by atomic mass is 9.89. The highest BCUT2D eigenvalue weighted by atomic mass is 19.4. The average molecular weight is 532 g/mol. The molecule has 1 saturated carbocycles. The van der Waals surface area contributed by atoms with E-state index in [1.165, 1.54) is 38.3 Å². The number of benzene rings is 2. The number of ether oxygens (including phenoxy) is 2. The topological polar surface area (TPSA) is 81.8 Å². The Morgan fingerprint density at radius 2 is 1.79 bits per heavy atom. The fraction of sp³-hybridized carbons (Fsp3) is 0.448. The Labute approximate surface area is 219 Å². The van der Waals surface area contributed by atoms with E-state index in [1.54, 1.807) is 24.3 Å². The number of hydrogen-bond acceptors (Lipinski definition) is 5. The third-order valence-electron chi connectivity index (χ3n) is 6.89. The molecular formula is C29H32F3NO5. The van der Waals surface area contributed by atoms with Crippen molar-refractivity contribution in [2.24, 2.45) is 0 Å². The highest BCUT2D eigenvalue weighted by Crippen LogP contribution is 2.34. The van der Waals surface area contributed by atoms with Crippen LogP contribution in [0.15, 0.2) is 52.9 Å². The number of alkyl halides is 3. The first-order valence-corrected chi connectivity index (χ1v) is 12.8. The molecule has 4 rings (SSSR count). The highest BCUT2D eigenvalue weighted by molar-refractivity contribution is 5.78. The van der Waals surface area contributed by atoms with Gasteiger partial charge in [0.05, 0.1) is 17.9 Å². The predicted molar refractivity (Wildman–Crippen MR) is 135 cm³/mol. The Hall–Kier alpha value is -3.49. The molecule has 0 amide bonds. The molecule has 6 nitrogen and oxygen atoms in total. The summed E-state index contributed by atoms with van der Waals surface area (Å²) >= 11 is 0. The second kappa shape index (κ2) is 11.5. The van der Waals surface area contributed by atoms with E-state index in [0.717, 1.165) is 42.3 Å². The maximum absolute atomic E-state index is 13.0. The molecule has 1 atom stereocenters. The van der Waals surface area contributed by atoms with Crippen LogP contribution >= 0.6 is 0 Å². The number of nitrogens with zero attached hydrogens (tertiary/aromatic N) is 1. The molecule has 1 aromatic heterocycles. The molecule has 2 aromatic carbocycles. The number of carboxylic acid groups (broad SMARTS) is 1. The van der Waals surface area contributed by atoms with Crippen molar-refractivity contribution in [3.05, 3.63) is 77.0 Å². The molecule has 1 heterocycles. The van der Waals surface area contributed by atoms with Crippen LogP contribution in [0.1, 0.15) is 73.4 Å². The minimum absolute atomic E-state index is 0.0546. The lowest BCUT2D eigenvalue weighted by molar-refractivity contribution is -0.153. The monoisotopic (exact) mass is 531 g/mol. The molecule has 0 bridgehead atoms. The maximum atomic E-state index is 13.0. The van der Waals surface area contributed by atoms with Crippen molar-refractivity contribution in [3.8, 4) is 11.5 Å². The van der Waals surface area contributed by atoms with E-state index < -0.39 is 23.3 Å². The first-order chi connectivity index (χ1) is 18.0. The Morgan fingerprint density at radius 1 is 1.08 bits per heavy atom. The van der Waals surface area contributed by atoms with Gasteiger partial charge >= 0.3 is 12.1 Å². The van der Waals surface area contributed by atoms with Gasteiger partial charge in [-0.2, -0.15) is 13.2 Å². The third kappa shape index (κ3) is 6.88. The number of aryl methyl sites for hydroxylation is 1. The largest absolute Gasteiger partial charge is 0.493 e. The molecule has 1 aliphatic carbocycles. The first kappa shape index (κ1) is 27.5. The van der Waals surface area contributed by atoms with Crippen molar-refractivity contribution in [1.82, 2.24) is 4.98 Å². The van der Waals surface area contributed by atoms with Crippen molar-refractivity contribution < 1.29 is 37.0 Å². The smallest absolute Gasteiger partial charge is 0.416 e. The number of hydrogen-bond donors (Lipinski definition) is 1. The number of aromatic nitrogens is 1. The van der Waals surface area contributed by atoms with Crippen LogP contribution in [0.2, 0.25) is 0 Å². The number of oxazole rings is 1. The van der Waals surface area contributed by atoms with Crippen LogP contribution in [-0.4, -0.2) is 28.3 Å². The Morgan fingerprint density at radius 3 is 2.45 bits per heavy atom. The second-order valence-electron chi connectivity index (χ2n) is 9.97. The molecule has 38 heavy (non-hydrogen) atoms. The summed E-state index contributed by atoms with van der Waals surface area (Å²) in [6, 6.07) is 11.1. The number of carboxylic acids is 1. The van der Waals surface area contributed by atoms with Crippen LogP contribution < -0.4 is 9.47 Å². The quantitative estimate of drug-likeness (QED) is 0.300. The lowest BCUT2D eigenvalue weighted by Crippen LogP contribution is -2.43. The molecule has 1 unspecified atom stereocenters. The van der Waals surface area contributed by atoms with E-state index >= 15 is 0 Å². The number of rotatable bonds is 10. The van der Waals surface area contributed by atoms with Gasteiger partial charge in [0.25, 0.3) is 0 Å². The maximum Gasteiger partial charge on any atom is 0.416 e. The summed E-state index contributed by atoms with van der Waals surface area (Å²) < 4.78 is 56.4. The molecule has 9 heteroatoms. The number of aliphatic carboxylic acids is 1. The molecule has 0 radical (unpaired) electrons. The fourth-order valence-corrected chi connectivity index (χ4v) is 4.72. The van der Waals surface area contributed by atoms with E-state index in [9.17, 15) is 23.1 Å². The van der Waals surface area contributed by atoms with Crippen LogP contribution in [0, 0.1) is 6.92 Å². The van der Waals surface area contributed by atoms with Crippen LogP contribution in [-0.2, 0) is 23.8 Å². The molecule has 3 aromatic rings. The molecule has 0 aliphatic heterocycles. The summed E-state index contributed by atoms with van der Waals surface area (Å²) in [5, 5.41) is 9.79. The van der Waals surface area contributed by atoms with Crippen LogP contribution in [0.4, 0.5) is 13.2 Å². The summed E-state index contributed by atoms with van der Waals surface area (Å²) in [4.78, 5) is 16.7. The summed E-state index contributed by atoms with van der Waals surface area (Å²) in [7, 11) is 0. The van der Waals surface area contributed by atoms with Crippen molar-refractivity contribution in [3.63, 3.8) is 0 Å². The number of carbonyl (C=O) groups is 1. The zero-order chi connectivity index (χ0) is 27.3. The molecule has 1 aliphatic rings. The van der Waals surface area contributed by atoms with E-state index in [0.29, 0.717) is 30.3 Å². The van der Waals surface area contributed by atoms with E-state index in [4.69, 9.17) is 18.9 Å². The van der Waals surface area contributed by atoms with Gasteiger partial charge in [-0.15, -0.1) is 0 Å². The minimum atomic E-state index is -4.56. The van der Waals surface area contributed by atoms with Gasteiger partial charge in [-0.3, -0.25) is 0 Å². The second-order valence-corrected chi connectivity index (χ2v) is 9.97. The van der Waals surface area contributed by atoms with Crippen molar-refractivity contribution in [2.45, 2.75) is 76.5 Å². The normalized spacial score (nSPS) is 16.1. The zero-order valence-corrected chi connectivity index (χ0v) is 21.5. The van der Waals surface area contributed by atoms with Crippen molar-refractivity contribution in [2.75, 3.05) is 6.61 Å². The van der Waals surface area contributed by atoms with Gasteiger partial charge in [-0.05, 0) is 62.6 Å². The van der Waals surface area contributed by atoms with Gasteiger partial charge in [-0.25, -0.2) is 9.78 Å². The van der Waals surface area contributed by atoms with Crippen LogP contribution in [0.3, 0.4) is 0 Å². The molecule has 0 spiro atoms. The fourth-order valence-electron chi connectivity index (χ4n) is 4.72. The Kier molecular flexibility index (Phi) is 8.33. The summed E-state index contributed by atoms with van der Waals surface area (Å²) in [5.74, 6) is 1.20. The molecular weight excluding hydrogens is 499 g/mol. The van der Waals surface area contributed by atoms with Gasteiger partial charge in [-0.1, -0.05) is 37.5 Å². The van der Waals surface area contributed by atoms with E-state index in [-0.39, 0.29) is 12.2 Å². The van der Waals surface area contributed by atoms with Gasteiger partial charge in [0.2, 0.25) is 5.60 Å². The standard InChI is InChI=1S/C29H32F3NO5/c1-19-25(33-26(37-19)21-7-4-3-5-8-21)15-16-36-23-13-11-20(12-14-23)18-28(2,27(34)35)38-24-10-6-9-22(17-24)29(30,31)32/h6,9-14,17,21H,3-5,7-8,15-16,18H2,1-2H3,(H,34,35). The van der Waals surface area contributed by atoms with Gasteiger partial charge in [0, 0.05) is 18.8 Å². The predicted octanol–water partition coefficient (Wildman–Crippen LogP) is 7.14. The van der Waals surface area contributed by atoms with Gasteiger partial charge < -0.3 is 19.0 Å². The number of halogens is 3. The Bertz CT molecular complexity index is 1230. The van der Waals surface area contributed by atoms with Crippen LogP contribution in [0.25, 0.3) is 0 Å². The average Bonchev–Trinajstić information content (AvgIpc) is 3.25.